The van der Waals surface area contributed by atoms with Crippen molar-refractivity contribution in [1.29, 1.82) is 0 Å². The van der Waals surface area contributed by atoms with Crippen molar-refractivity contribution in [2.24, 2.45) is 0 Å². The zero-order chi connectivity index (χ0) is 25.1. The maximum absolute atomic E-state index is 13.7. The summed E-state index contributed by atoms with van der Waals surface area (Å²) in [5.74, 6) is -0.726. The maximum Gasteiger partial charge on any atom is 0.343 e. The summed E-state index contributed by atoms with van der Waals surface area (Å²) in [5.41, 5.74) is 3.51. The first-order valence-electron chi connectivity index (χ1n) is 11.3. The first-order chi connectivity index (χ1) is 17.5. The van der Waals surface area contributed by atoms with Crippen molar-refractivity contribution < 1.29 is 14.3 Å². The molecule has 5 rings (SSSR count). The van der Waals surface area contributed by atoms with E-state index in [1.54, 1.807) is 13.0 Å². The number of benzene rings is 3. The third kappa shape index (κ3) is 4.63. The van der Waals surface area contributed by atoms with E-state index in [2.05, 4.69) is 26.3 Å². The Morgan fingerprint density at radius 1 is 0.944 bits per heavy atom. The molecule has 0 aliphatic heterocycles. The summed E-state index contributed by atoms with van der Waals surface area (Å²) in [5, 5.41) is 7.97. The van der Waals surface area contributed by atoms with Crippen LogP contribution in [0.2, 0.25) is 0 Å². The standard InChI is InChI=1S/C28H21BrN4O3/c1-2-36-28(35)23-17-30-33(20-8-4-3-5-9-20)26(23)32-27(34)22-16-25(18-12-14-19(29)15-13-18)31-24-11-7-6-10-21(22)24/h3-17H,2H2,1H3,(H,32,34). The summed E-state index contributed by atoms with van der Waals surface area (Å²) in [6.45, 7) is 1.93. The minimum absolute atomic E-state index is 0.167. The molecular weight excluding hydrogens is 520 g/mol. The van der Waals surface area contributed by atoms with Gasteiger partial charge in [0.25, 0.3) is 5.91 Å². The number of pyridine rings is 1. The van der Waals surface area contributed by atoms with Crippen LogP contribution in [-0.4, -0.2) is 33.2 Å². The van der Waals surface area contributed by atoms with E-state index in [0.29, 0.717) is 27.8 Å². The second-order valence-electron chi connectivity index (χ2n) is 7.91. The molecular formula is C28H21BrN4O3. The molecule has 0 saturated carbocycles. The van der Waals surface area contributed by atoms with E-state index in [1.165, 1.54) is 10.9 Å². The summed E-state index contributed by atoms with van der Waals surface area (Å²) < 4.78 is 7.67. The molecule has 0 spiro atoms. The number of carbonyl (C=O) groups is 2. The fourth-order valence-electron chi connectivity index (χ4n) is 3.90. The van der Waals surface area contributed by atoms with E-state index >= 15 is 0 Å². The fraction of sp³-hybridized carbons (Fsp3) is 0.0714. The molecule has 36 heavy (non-hydrogen) atoms. The van der Waals surface area contributed by atoms with Crippen molar-refractivity contribution in [3.8, 4) is 16.9 Å². The monoisotopic (exact) mass is 540 g/mol. The molecule has 0 atom stereocenters. The lowest BCUT2D eigenvalue weighted by Crippen LogP contribution is -2.18. The number of esters is 1. The number of nitrogens with one attached hydrogen (secondary N) is 1. The predicted octanol–water partition coefficient (Wildman–Crippen LogP) is 6.28. The quantitative estimate of drug-likeness (QED) is 0.256. The molecule has 1 N–H and O–H groups in total. The number of carbonyl (C=O) groups excluding carboxylic acids is 2. The van der Waals surface area contributed by atoms with Crippen molar-refractivity contribution in [2.75, 3.05) is 11.9 Å². The highest BCUT2D eigenvalue weighted by Crippen LogP contribution is 2.28. The Morgan fingerprint density at radius 2 is 1.67 bits per heavy atom. The van der Waals surface area contributed by atoms with Crippen molar-refractivity contribution in [3.05, 3.63) is 107 Å². The van der Waals surface area contributed by atoms with Gasteiger partial charge in [0.1, 0.15) is 5.56 Å². The van der Waals surface area contributed by atoms with E-state index in [1.807, 2.05) is 78.9 Å². The van der Waals surface area contributed by atoms with Gasteiger partial charge in [-0.2, -0.15) is 5.10 Å². The summed E-state index contributed by atoms with van der Waals surface area (Å²) >= 11 is 3.45. The highest BCUT2D eigenvalue weighted by Gasteiger charge is 2.23. The highest BCUT2D eigenvalue weighted by atomic mass is 79.9. The zero-order valence-corrected chi connectivity index (χ0v) is 20.9. The van der Waals surface area contributed by atoms with Crippen LogP contribution < -0.4 is 5.32 Å². The average Bonchev–Trinajstić information content (AvgIpc) is 3.32. The Bertz CT molecular complexity index is 1560. The number of hydrogen-bond donors (Lipinski definition) is 1. The van der Waals surface area contributed by atoms with E-state index in [-0.39, 0.29) is 18.0 Å². The van der Waals surface area contributed by atoms with E-state index in [9.17, 15) is 9.59 Å². The molecule has 2 heterocycles. The molecule has 3 aromatic carbocycles. The molecule has 0 unspecified atom stereocenters. The number of nitrogens with zero attached hydrogens (tertiary/aromatic N) is 3. The van der Waals surface area contributed by atoms with Crippen LogP contribution >= 0.6 is 15.9 Å². The van der Waals surface area contributed by atoms with Crippen LogP contribution in [0.25, 0.3) is 27.8 Å². The van der Waals surface area contributed by atoms with Crippen LogP contribution in [0.15, 0.2) is 95.6 Å². The van der Waals surface area contributed by atoms with Gasteiger partial charge in [-0.1, -0.05) is 64.5 Å². The fourth-order valence-corrected chi connectivity index (χ4v) is 4.16. The molecule has 0 fully saturated rings. The Kier molecular flexibility index (Phi) is 6.60. The van der Waals surface area contributed by atoms with Crippen LogP contribution in [0.3, 0.4) is 0 Å². The molecule has 0 aliphatic rings. The van der Waals surface area contributed by atoms with E-state index in [0.717, 1.165) is 10.0 Å². The lowest BCUT2D eigenvalue weighted by Gasteiger charge is -2.13. The highest BCUT2D eigenvalue weighted by molar-refractivity contribution is 9.10. The normalized spacial score (nSPS) is 10.8. The van der Waals surface area contributed by atoms with Crippen LogP contribution in [0.1, 0.15) is 27.6 Å². The second-order valence-corrected chi connectivity index (χ2v) is 8.82. The van der Waals surface area contributed by atoms with Crippen molar-refractivity contribution >= 4 is 44.5 Å². The number of rotatable bonds is 6. The van der Waals surface area contributed by atoms with Gasteiger partial charge in [0.2, 0.25) is 0 Å². The smallest absolute Gasteiger partial charge is 0.343 e. The third-order valence-corrected chi connectivity index (χ3v) is 6.13. The van der Waals surface area contributed by atoms with Gasteiger partial charge >= 0.3 is 5.97 Å². The van der Waals surface area contributed by atoms with Gasteiger partial charge in [-0.05, 0) is 43.3 Å². The topological polar surface area (TPSA) is 86.1 Å². The predicted molar refractivity (Wildman–Crippen MR) is 142 cm³/mol. The molecule has 178 valence electrons. The van der Waals surface area contributed by atoms with Gasteiger partial charge in [-0.15, -0.1) is 0 Å². The summed E-state index contributed by atoms with van der Waals surface area (Å²) in [7, 11) is 0. The lowest BCUT2D eigenvalue weighted by molar-refractivity contribution is 0.0527. The molecule has 0 radical (unpaired) electrons. The van der Waals surface area contributed by atoms with E-state index < -0.39 is 11.9 Å². The van der Waals surface area contributed by atoms with Crippen LogP contribution in [0.5, 0.6) is 0 Å². The van der Waals surface area contributed by atoms with Crippen LogP contribution in [0.4, 0.5) is 5.82 Å². The number of aromatic nitrogens is 3. The largest absolute Gasteiger partial charge is 0.462 e. The second kappa shape index (κ2) is 10.1. The first kappa shape index (κ1) is 23.4. The number of fused-ring (bicyclic) bond motifs is 1. The number of para-hydroxylation sites is 2. The van der Waals surface area contributed by atoms with Crippen molar-refractivity contribution in [2.45, 2.75) is 6.92 Å². The minimum Gasteiger partial charge on any atom is -0.462 e. The molecule has 0 bridgehead atoms. The Hall–Kier alpha value is -4.30. The number of halogens is 1. The van der Waals surface area contributed by atoms with E-state index in [4.69, 9.17) is 9.72 Å². The van der Waals surface area contributed by atoms with Crippen LogP contribution in [-0.2, 0) is 4.74 Å². The molecule has 0 aliphatic carbocycles. The molecule has 2 aromatic heterocycles. The molecule has 1 amide bonds. The molecule has 7 nitrogen and oxygen atoms in total. The molecule has 5 aromatic rings. The van der Waals surface area contributed by atoms with Crippen LogP contribution in [0, 0.1) is 0 Å². The third-order valence-electron chi connectivity index (χ3n) is 5.60. The number of amides is 1. The SMILES string of the molecule is CCOC(=O)c1cnn(-c2ccccc2)c1NC(=O)c1cc(-c2ccc(Br)cc2)nc2ccccc12. The summed E-state index contributed by atoms with van der Waals surface area (Å²) in [4.78, 5) is 31.2. The Morgan fingerprint density at radius 3 is 2.42 bits per heavy atom. The van der Waals surface area contributed by atoms with Gasteiger partial charge in [0.05, 0.1) is 35.3 Å². The van der Waals surface area contributed by atoms with Gasteiger partial charge in [0, 0.05) is 15.4 Å². The van der Waals surface area contributed by atoms with Gasteiger partial charge in [-0.3, -0.25) is 4.79 Å². The van der Waals surface area contributed by atoms with Gasteiger partial charge in [0.15, 0.2) is 5.82 Å². The first-order valence-corrected chi connectivity index (χ1v) is 12.1. The number of ether oxygens (including phenoxy) is 1. The Labute approximate surface area is 215 Å². The number of anilines is 1. The van der Waals surface area contributed by atoms with Crippen molar-refractivity contribution in [1.82, 2.24) is 14.8 Å². The Balaban J connectivity index is 1.61. The van der Waals surface area contributed by atoms with Crippen molar-refractivity contribution in [3.63, 3.8) is 0 Å². The minimum atomic E-state index is -0.565. The number of hydrogen-bond acceptors (Lipinski definition) is 5. The molecule has 8 heteroatoms. The molecule has 0 saturated heterocycles. The van der Waals surface area contributed by atoms with Gasteiger partial charge < -0.3 is 10.1 Å². The summed E-state index contributed by atoms with van der Waals surface area (Å²) in [6, 6.07) is 26.2. The average molecular weight is 541 g/mol. The zero-order valence-electron chi connectivity index (χ0n) is 19.3. The lowest BCUT2D eigenvalue weighted by atomic mass is 10.0. The maximum atomic E-state index is 13.7. The van der Waals surface area contributed by atoms with Gasteiger partial charge in [-0.25, -0.2) is 14.5 Å². The summed E-state index contributed by atoms with van der Waals surface area (Å²) in [6.07, 6.45) is 1.40.